The van der Waals surface area contributed by atoms with Gasteiger partial charge in [0.1, 0.15) is 0 Å². The topological polar surface area (TPSA) is 12.4 Å². The van der Waals surface area contributed by atoms with Crippen molar-refractivity contribution in [2.75, 3.05) is 0 Å². The lowest BCUT2D eigenvalue weighted by Crippen LogP contribution is -2.00. The van der Waals surface area contributed by atoms with E-state index in [0.29, 0.717) is 5.92 Å². The molecule has 2 heteroatoms. The van der Waals surface area contributed by atoms with Crippen LogP contribution in [0.5, 0.6) is 0 Å². The molecule has 10 heavy (non-hydrogen) atoms. The maximum absolute atomic E-state index is 4.26. The summed E-state index contributed by atoms with van der Waals surface area (Å²) in [5.41, 5.74) is 1.18. The van der Waals surface area contributed by atoms with Crippen LogP contribution in [0.4, 0.5) is 0 Å². The van der Waals surface area contributed by atoms with Crippen LogP contribution in [0.2, 0.25) is 0 Å². The highest BCUT2D eigenvalue weighted by Gasteiger charge is 1.94. The molecule has 58 valence electrons. The Morgan fingerprint density at radius 1 is 1.40 bits per heavy atom. The van der Waals surface area contributed by atoms with E-state index in [1.807, 2.05) is 13.1 Å². The van der Waals surface area contributed by atoms with Crippen LogP contribution in [0.1, 0.15) is 27.7 Å². The summed E-state index contributed by atoms with van der Waals surface area (Å²) in [6, 6.07) is 0. The minimum absolute atomic E-state index is 0.556. The molecule has 0 aliphatic carbocycles. The monoisotopic (exact) mass is 157 g/mol. The zero-order valence-electron chi connectivity index (χ0n) is 7.18. The highest BCUT2D eigenvalue weighted by Crippen LogP contribution is 2.04. The Balaban J connectivity index is 4.05. The molecule has 0 aromatic heterocycles. The lowest BCUT2D eigenvalue weighted by molar-refractivity contribution is 0.878. The van der Waals surface area contributed by atoms with Gasteiger partial charge in [0.2, 0.25) is 0 Å². The van der Waals surface area contributed by atoms with Gasteiger partial charge in [-0.05, 0) is 25.1 Å². The molecule has 0 rings (SSSR count). The molecular weight excluding hydrogens is 141 g/mol. The zero-order valence-corrected chi connectivity index (χ0v) is 8.33. The average Bonchev–Trinajstić information content (AvgIpc) is 1.82. The molecule has 0 radical (unpaired) electrons. The van der Waals surface area contributed by atoms with E-state index < -0.39 is 0 Å². The first-order chi connectivity index (χ1) is 4.54. The molecule has 0 heterocycles. The molecule has 0 aromatic carbocycles. The van der Waals surface area contributed by atoms with E-state index in [4.69, 9.17) is 0 Å². The van der Waals surface area contributed by atoms with E-state index in [9.17, 15) is 0 Å². The average molecular weight is 157 g/mol. The second-order valence-corrected chi connectivity index (χ2v) is 3.71. The Bertz CT molecular complexity index is 153. The second-order valence-electron chi connectivity index (χ2n) is 2.80. The van der Waals surface area contributed by atoms with Crippen molar-refractivity contribution < 1.29 is 0 Å². The predicted octanol–water partition coefficient (Wildman–Crippen LogP) is 2.84. The van der Waals surface area contributed by atoms with Gasteiger partial charge in [0.05, 0.1) is 0 Å². The normalized spacial score (nSPS) is 14.6. The smallest absolute Gasteiger partial charge is 0.0295 e. The molecule has 0 N–H and O–H groups in total. The first kappa shape index (κ1) is 9.84. The zero-order chi connectivity index (χ0) is 8.15. The molecule has 0 aliphatic rings. The van der Waals surface area contributed by atoms with Crippen LogP contribution < -0.4 is 0 Å². The van der Waals surface area contributed by atoms with Crippen molar-refractivity contribution in [1.82, 2.24) is 0 Å². The lowest BCUT2D eigenvalue weighted by atomic mass is 10.1. The van der Waals surface area contributed by atoms with Crippen LogP contribution in [-0.2, 0) is 0 Å². The van der Waals surface area contributed by atoms with Crippen LogP contribution in [0, 0.1) is 5.92 Å². The fraction of sp³-hybridized carbons (Fsp3) is 0.625. The van der Waals surface area contributed by atoms with Gasteiger partial charge >= 0.3 is 0 Å². The number of allylic oxidation sites excluding steroid dienone is 1. The first-order valence-corrected chi connectivity index (χ1v) is 4.08. The maximum Gasteiger partial charge on any atom is 0.0295 e. The van der Waals surface area contributed by atoms with Crippen LogP contribution in [0.15, 0.2) is 16.5 Å². The lowest BCUT2D eigenvalue weighted by Gasteiger charge is -2.00. The Morgan fingerprint density at radius 3 is 2.20 bits per heavy atom. The van der Waals surface area contributed by atoms with Gasteiger partial charge in [-0.2, -0.15) is 0 Å². The first-order valence-electron chi connectivity index (χ1n) is 3.50. The summed E-state index contributed by atoms with van der Waals surface area (Å²) < 4.78 is 0. The molecule has 0 saturated heterocycles. The Hall–Kier alpha value is -0.160. The van der Waals surface area contributed by atoms with E-state index in [1.54, 1.807) is 0 Å². The molecule has 1 nitrogen and oxygen atoms in total. The SMILES string of the molecule is C/C(=N/C=C(\C)P)C(C)C. The fourth-order valence-electron chi connectivity index (χ4n) is 0.353. The standard InChI is InChI=1S/C8H16NP/c1-6(2)8(4)9-5-7(3)10/h5-6H,10H2,1-4H3/b7-5+,9-8-. The van der Waals surface area contributed by atoms with Crippen molar-refractivity contribution in [2.45, 2.75) is 27.7 Å². The van der Waals surface area contributed by atoms with Gasteiger partial charge in [-0.1, -0.05) is 13.8 Å². The Kier molecular flexibility index (Phi) is 4.55. The van der Waals surface area contributed by atoms with Crippen molar-refractivity contribution >= 4 is 15.0 Å². The van der Waals surface area contributed by atoms with E-state index in [0.717, 1.165) is 0 Å². The largest absolute Gasteiger partial charge is 0.265 e. The molecule has 0 bridgehead atoms. The molecule has 0 fully saturated rings. The summed E-state index contributed by atoms with van der Waals surface area (Å²) in [5, 5.41) is 1.17. The Labute approximate surface area is 65.8 Å². The van der Waals surface area contributed by atoms with Crippen LogP contribution in [0.3, 0.4) is 0 Å². The van der Waals surface area contributed by atoms with Gasteiger partial charge in [-0.15, -0.1) is 9.24 Å². The summed E-state index contributed by atoms with van der Waals surface area (Å²) in [7, 11) is 2.61. The molecule has 0 spiro atoms. The van der Waals surface area contributed by atoms with Crippen molar-refractivity contribution in [1.29, 1.82) is 0 Å². The molecule has 0 aromatic rings. The van der Waals surface area contributed by atoms with E-state index >= 15 is 0 Å². The molecule has 1 atom stereocenters. The summed E-state index contributed by atoms with van der Waals surface area (Å²) in [6.07, 6.45) is 1.88. The molecular formula is C8H16NP. The van der Waals surface area contributed by atoms with Gasteiger partial charge in [-0.25, -0.2) is 0 Å². The third-order valence-electron chi connectivity index (χ3n) is 1.31. The number of aliphatic imine (C=N–C) groups is 1. The molecule has 0 aliphatic heterocycles. The number of nitrogens with zero attached hydrogens (tertiary/aromatic N) is 1. The third kappa shape index (κ3) is 4.69. The summed E-state index contributed by atoms with van der Waals surface area (Å²) in [4.78, 5) is 4.26. The quantitative estimate of drug-likeness (QED) is 0.431. The van der Waals surface area contributed by atoms with E-state index in [1.165, 1.54) is 11.0 Å². The van der Waals surface area contributed by atoms with Crippen molar-refractivity contribution in [3.05, 3.63) is 11.5 Å². The molecule has 0 amide bonds. The molecule has 1 unspecified atom stereocenters. The van der Waals surface area contributed by atoms with Crippen molar-refractivity contribution in [3.63, 3.8) is 0 Å². The Morgan fingerprint density at radius 2 is 1.90 bits per heavy atom. The summed E-state index contributed by atoms with van der Waals surface area (Å²) in [5.74, 6) is 0.556. The van der Waals surface area contributed by atoms with E-state index in [-0.39, 0.29) is 0 Å². The second kappa shape index (κ2) is 4.62. The van der Waals surface area contributed by atoms with Gasteiger partial charge in [0.25, 0.3) is 0 Å². The van der Waals surface area contributed by atoms with Crippen molar-refractivity contribution in [3.8, 4) is 0 Å². The van der Waals surface area contributed by atoms with Gasteiger partial charge in [0, 0.05) is 11.9 Å². The maximum atomic E-state index is 4.26. The number of hydrogen-bond acceptors (Lipinski definition) is 1. The summed E-state index contributed by atoms with van der Waals surface area (Å²) in [6.45, 7) is 8.35. The van der Waals surface area contributed by atoms with Gasteiger partial charge < -0.3 is 0 Å². The highest BCUT2D eigenvalue weighted by atomic mass is 31.0. The number of rotatable bonds is 2. The predicted molar refractivity (Wildman–Crippen MR) is 51.4 cm³/mol. The van der Waals surface area contributed by atoms with Crippen LogP contribution in [0.25, 0.3) is 0 Å². The van der Waals surface area contributed by atoms with Gasteiger partial charge in [-0.3, -0.25) is 4.99 Å². The minimum Gasteiger partial charge on any atom is -0.265 e. The van der Waals surface area contributed by atoms with Crippen LogP contribution >= 0.6 is 9.24 Å². The summed E-state index contributed by atoms with van der Waals surface area (Å²) >= 11 is 0. The highest BCUT2D eigenvalue weighted by molar-refractivity contribution is 7.22. The number of hydrogen-bond donors (Lipinski definition) is 0. The van der Waals surface area contributed by atoms with Crippen LogP contribution in [-0.4, -0.2) is 5.71 Å². The molecule has 0 saturated carbocycles. The van der Waals surface area contributed by atoms with E-state index in [2.05, 4.69) is 35.0 Å². The van der Waals surface area contributed by atoms with Crippen molar-refractivity contribution in [2.24, 2.45) is 10.9 Å². The fourth-order valence-corrected chi connectivity index (χ4v) is 0.427. The third-order valence-corrected chi connectivity index (χ3v) is 1.46. The minimum atomic E-state index is 0.556. The van der Waals surface area contributed by atoms with Gasteiger partial charge in [0.15, 0.2) is 0 Å².